The van der Waals surface area contributed by atoms with Gasteiger partial charge in [-0.3, -0.25) is 0 Å². The van der Waals surface area contributed by atoms with Crippen LogP contribution in [0.2, 0.25) is 0 Å². The van der Waals surface area contributed by atoms with Crippen LogP contribution in [-0.2, 0) is 16.4 Å². The number of hydrogen-bond acceptors (Lipinski definition) is 3. The van der Waals surface area contributed by atoms with E-state index >= 15 is 0 Å². The lowest BCUT2D eigenvalue weighted by Gasteiger charge is -2.34. The van der Waals surface area contributed by atoms with Crippen LogP contribution in [0.25, 0.3) is 10.9 Å². The van der Waals surface area contributed by atoms with Gasteiger partial charge in [-0.05, 0) is 49.3 Å². The fourth-order valence-electron chi connectivity index (χ4n) is 5.23. The van der Waals surface area contributed by atoms with Gasteiger partial charge in [0.05, 0.1) is 4.90 Å². The van der Waals surface area contributed by atoms with E-state index in [0.717, 1.165) is 35.4 Å². The van der Waals surface area contributed by atoms with E-state index in [2.05, 4.69) is 30.1 Å². The molecular weight excluding hydrogens is 484 g/mol. The second-order valence-corrected chi connectivity index (χ2v) is 13.2. The predicted molar refractivity (Wildman–Crippen MR) is 154 cm³/mol. The fourth-order valence-corrected chi connectivity index (χ4v) is 8.42. The van der Waals surface area contributed by atoms with Gasteiger partial charge in [-0.1, -0.05) is 101 Å². The summed E-state index contributed by atoms with van der Waals surface area (Å²) in [7, 11) is -3.58. The van der Waals surface area contributed by atoms with Crippen LogP contribution in [0.5, 0.6) is 0 Å². The van der Waals surface area contributed by atoms with E-state index in [1.54, 1.807) is 28.2 Å². The van der Waals surface area contributed by atoms with E-state index in [1.165, 1.54) is 68.7 Å². The maximum absolute atomic E-state index is 13.7. The highest BCUT2D eigenvalue weighted by Gasteiger charge is 2.38. The molecule has 0 spiro atoms. The summed E-state index contributed by atoms with van der Waals surface area (Å²) >= 11 is 1.78. The number of nitrogens with zero attached hydrogens (tertiary/aromatic N) is 1. The first-order valence-corrected chi connectivity index (χ1v) is 16.3. The van der Waals surface area contributed by atoms with E-state index in [4.69, 9.17) is 0 Å². The second-order valence-electron chi connectivity index (χ2n) is 10.1. The number of aromatic amines is 1. The number of H-pyrrole nitrogens is 1. The number of thioether (sulfide) groups is 1. The summed E-state index contributed by atoms with van der Waals surface area (Å²) in [6.07, 6.45) is 13.8. The molecule has 2 heterocycles. The van der Waals surface area contributed by atoms with Crippen LogP contribution in [0.1, 0.15) is 93.3 Å². The molecular formula is C30H42N2O2S2. The van der Waals surface area contributed by atoms with Crippen LogP contribution in [0.4, 0.5) is 0 Å². The molecule has 1 unspecified atom stereocenters. The molecule has 0 amide bonds. The third-order valence-electron chi connectivity index (χ3n) is 7.34. The Bertz CT molecular complexity index is 1200. The highest BCUT2D eigenvalue weighted by Crippen LogP contribution is 2.43. The summed E-state index contributed by atoms with van der Waals surface area (Å²) in [4.78, 5) is 3.98. The molecule has 6 heteroatoms. The summed E-state index contributed by atoms with van der Waals surface area (Å²) in [6.45, 7) is 4.77. The van der Waals surface area contributed by atoms with Crippen LogP contribution in [0, 0.1) is 6.92 Å². The number of aryl methyl sites for hydroxylation is 1. The van der Waals surface area contributed by atoms with Gasteiger partial charge >= 0.3 is 0 Å². The number of hydrogen-bond donors (Lipinski definition) is 1. The minimum Gasteiger partial charge on any atom is -0.356 e. The highest BCUT2D eigenvalue weighted by molar-refractivity contribution is 8.00. The number of fused-ring (bicyclic) bond motifs is 3. The van der Waals surface area contributed by atoms with Crippen molar-refractivity contribution >= 4 is 32.7 Å². The van der Waals surface area contributed by atoms with E-state index in [9.17, 15) is 8.42 Å². The van der Waals surface area contributed by atoms with Crippen molar-refractivity contribution in [2.75, 3.05) is 12.3 Å². The quantitative estimate of drug-likeness (QED) is 0.215. The Morgan fingerprint density at radius 3 is 2.22 bits per heavy atom. The minimum absolute atomic E-state index is 0.217. The molecule has 196 valence electrons. The molecule has 3 aromatic rings. The Labute approximate surface area is 222 Å². The van der Waals surface area contributed by atoms with E-state index in [1.807, 2.05) is 25.1 Å². The molecule has 4 nitrogen and oxygen atoms in total. The summed E-state index contributed by atoms with van der Waals surface area (Å²) in [5, 5.41) is 1.01. The highest BCUT2D eigenvalue weighted by atomic mass is 32.2. The Morgan fingerprint density at radius 2 is 1.53 bits per heavy atom. The first kappa shape index (κ1) is 27.3. The third kappa shape index (κ3) is 6.56. The number of rotatable bonds is 14. The zero-order valence-electron chi connectivity index (χ0n) is 22.0. The molecule has 0 aliphatic carbocycles. The number of nitrogens with one attached hydrogen (secondary N) is 1. The minimum atomic E-state index is -3.58. The molecule has 36 heavy (non-hydrogen) atoms. The van der Waals surface area contributed by atoms with Gasteiger partial charge in [0.25, 0.3) is 0 Å². The van der Waals surface area contributed by atoms with Crippen LogP contribution < -0.4 is 0 Å². The molecule has 1 atom stereocenters. The topological polar surface area (TPSA) is 53.2 Å². The van der Waals surface area contributed by atoms with Crippen LogP contribution in [0.15, 0.2) is 53.4 Å². The van der Waals surface area contributed by atoms with Gasteiger partial charge in [-0.15, -0.1) is 11.8 Å². The number of aromatic nitrogens is 1. The van der Waals surface area contributed by atoms with Crippen molar-refractivity contribution in [3.05, 3.63) is 65.4 Å². The van der Waals surface area contributed by atoms with Gasteiger partial charge in [0.1, 0.15) is 5.37 Å². The Morgan fingerprint density at radius 1 is 0.889 bits per heavy atom. The van der Waals surface area contributed by atoms with Crippen molar-refractivity contribution in [1.82, 2.24) is 9.29 Å². The fraction of sp³-hybridized carbons (Fsp3) is 0.533. The number of benzene rings is 2. The summed E-state index contributed by atoms with van der Waals surface area (Å²) in [5.74, 6) is 0.968. The van der Waals surface area contributed by atoms with Crippen LogP contribution in [0.3, 0.4) is 0 Å². The molecule has 0 saturated heterocycles. The molecule has 0 radical (unpaired) electrons. The van der Waals surface area contributed by atoms with Crippen molar-refractivity contribution in [1.29, 1.82) is 0 Å². The molecule has 1 N–H and O–H groups in total. The maximum atomic E-state index is 13.7. The predicted octanol–water partition coefficient (Wildman–Crippen LogP) is 8.38. The summed E-state index contributed by atoms with van der Waals surface area (Å²) < 4.78 is 29.2. The lowest BCUT2D eigenvalue weighted by Crippen LogP contribution is -2.38. The van der Waals surface area contributed by atoms with Crippen LogP contribution >= 0.6 is 11.8 Å². The van der Waals surface area contributed by atoms with Gasteiger partial charge < -0.3 is 4.98 Å². The Kier molecular flexibility index (Phi) is 9.97. The average molecular weight is 527 g/mol. The van der Waals surface area contributed by atoms with Gasteiger partial charge in [0.15, 0.2) is 0 Å². The number of unbranched alkanes of at least 4 members (excludes halogenated alkanes) is 9. The standard InChI is InChI=1S/C30H42N2O2S2/c1-3-4-5-6-7-8-9-10-11-14-23-35-30-29-27(26-15-12-13-16-28(26)31-29)21-22-32(30)36(33,34)25-19-17-24(2)18-20-25/h12-13,15-20,30-31H,3-11,14,21-23H2,1-2H3. The van der Waals surface area contributed by atoms with Crippen molar-refractivity contribution in [2.24, 2.45) is 0 Å². The first-order valence-electron chi connectivity index (χ1n) is 13.8. The smallest absolute Gasteiger partial charge is 0.244 e. The zero-order chi connectivity index (χ0) is 25.4. The number of sulfonamides is 1. The van der Waals surface area contributed by atoms with Gasteiger partial charge in [0, 0.05) is 23.1 Å². The normalized spacial score (nSPS) is 16.4. The Hall–Kier alpha value is -1.76. The molecule has 1 aliphatic heterocycles. The molecule has 2 aromatic carbocycles. The lowest BCUT2D eigenvalue weighted by molar-refractivity contribution is 0.380. The van der Waals surface area contributed by atoms with E-state index in [-0.39, 0.29) is 5.37 Å². The molecule has 1 aromatic heterocycles. The maximum Gasteiger partial charge on any atom is 0.244 e. The lowest BCUT2D eigenvalue weighted by atomic mass is 10.0. The molecule has 0 bridgehead atoms. The summed E-state index contributed by atoms with van der Waals surface area (Å²) in [5.41, 5.74) is 4.51. The van der Waals surface area contributed by atoms with Crippen LogP contribution in [-0.4, -0.2) is 30.0 Å². The molecule has 0 saturated carbocycles. The SMILES string of the molecule is CCCCCCCCCCCCSC1c2[nH]c3ccccc3c2CCN1S(=O)(=O)c1ccc(C)cc1. The zero-order valence-corrected chi connectivity index (χ0v) is 23.6. The molecule has 1 aliphatic rings. The van der Waals surface area contributed by atoms with Crippen molar-refractivity contribution < 1.29 is 8.42 Å². The average Bonchev–Trinajstić information content (AvgIpc) is 3.26. The Balaban J connectivity index is 1.41. The summed E-state index contributed by atoms with van der Waals surface area (Å²) in [6, 6.07) is 15.6. The second kappa shape index (κ2) is 13.2. The van der Waals surface area contributed by atoms with Gasteiger partial charge in [-0.2, -0.15) is 4.31 Å². The van der Waals surface area contributed by atoms with E-state index < -0.39 is 10.0 Å². The first-order chi connectivity index (χ1) is 17.5. The molecule has 0 fully saturated rings. The largest absolute Gasteiger partial charge is 0.356 e. The van der Waals surface area contributed by atoms with Gasteiger partial charge in [0.2, 0.25) is 10.0 Å². The molecule has 4 rings (SSSR count). The monoisotopic (exact) mass is 526 g/mol. The van der Waals surface area contributed by atoms with Crippen molar-refractivity contribution in [3.8, 4) is 0 Å². The number of para-hydroxylation sites is 1. The van der Waals surface area contributed by atoms with Crippen molar-refractivity contribution in [2.45, 2.75) is 94.7 Å². The third-order valence-corrected chi connectivity index (χ3v) is 10.7. The van der Waals surface area contributed by atoms with Crippen molar-refractivity contribution in [3.63, 3.8) is 0 Å². The van der Waals surface area contributed by atoms with E-state index in [0.29, 0.717) is 11.4 Å². The van der Waals surface area contributed by atoms with Gasteiger partial charge in [-0.25, -0.2) is 8.42 Å².